The SMILES string of the molecule is CC(=O)Oc1nc[nH]c1NC(=S)Nc1ccc(Cl)cc1. The molecule has 104 valence electrons. The van der Waals surface area contributed by atoms with Crippen molar-refractivity contribution in [3.63, 3.8) is 0 Å². The van der Waals surface area contributed by atoms with Crippen LogP contribution in [0.2, 0.25) is 5.02 Å². The minimum absolute atomic E-state index is 0.137. The van der Waals surface area contributed by atoms with Gasteiger partial charge in [0.1, 0.15) is 0 Å². The quantitative estimate of drug-likeness (QED) is 0.597. The van der Waals surface area contributed by atoms with Crippen molar-refractivity contribution in [3.05, 3.63) is 35.6 Å². The number of hydrogen-bond acceptors (Lipinski definition) is 4. The normalized spacial score (nSPS) is 9.90. The average Bonchev–Trinajstić information content (AvgIpc) is 2.78. The fraction of sp³-hybridized carbons (Fsp3) is 0.0833. The van der Waals surface area contributed by atoms with Crippen molar-refractivity contribution in [2.45, 2.75) is 6.92 Å². The Balaban J connectivity index is 1.99. The number of aromatic nitrogens is 2. The summed E-state index contributed by atoms with van der Waals surface area (Å²) in [5.41, 5.74) is 0.778. The zero-order valence-electron chi connectivity index (χ0n) is 10.4. The van der Waals surface area contributed by atoms with E-state index < -0.39 is 5.97 Å². The van der Waals surface area contributed by atoms with Gasteiger partial charge in [-0.3, -0.25) is 4.79 Å². The fourth-order valence-electron chi connectivity index (χ4n) is 1.39. The molecular weight excluding hydrogens is 300 g/mol. The number of halogens is 1. The van der Waals surface area contributed by atoms with E-state index in [0.717, 1.165) is 5.69 Å². The summed E-state index contributed by atoms with van der Waals surface area (Å²) in [6.45, 7) is 1.29. The Morgan fingerprint density at radius 1 is 1.35 bits per heavy atom. The Morgan fingerprint density at radius 2 is 2.05 bits per heavy atom. The van der Waals surface area contributed by atoms with Gasteiger partial charge in [-0.1, -0.05) is 11.6 Å². The van der Waals surface area contributed by atoms with Crippen LogP contribution in [0.1, 0.15) is 6.92 Å². The van der Waals surface area contributed by atoms with Gasteiger partial charge >= 0.3 is 5.97 Å². The highest BCUT2D eigenvalue weighted by Gasteiger charge is 2.10. The number of carbonyl (C=O) groups excluding carboxylic acids is 1. The number of nitrogens with one attached hydrogen (secondary N) is 3. The third-order valence-electron chi connectivity index (χ3n) is 2.19. The van der Waals surface area contributed by atoms with Crippen LogP contribution in [0.5, 0.6) is 5.88 Å². The van der Waals surface area contributed by atoms with Gasteiger partial charge in [-0.2, -0.15) is 0 Å². The van der Waals surface area contributed by atoms with E-state index in [1.807, 2.05) is 0 Å². The van der Waals surface area contributed by atoms with E-state index in [1.165, 1.54) is 13.3 Å². The zero-order chi connectivity index (χ0) is 14.5. The molecule has 0 fully saturated rings. The summed E-state index contributed by atoms with van der Waals surface area (Å²) in [4.78, 5) is 17.6. The fourth-order valence-corrected chi connectivity index (χ4v) is 1.74. The third kappa shape index (κ3) is 3.94. The largest absolute Gasteiger partial charge is 0.404 e. The van der Waals surface area contributed by atoms with Gasteiger partial charge < -0.3 is 20.4 Å². The number of H-pyrrole nitrogens is 1. The number of anilines is 2. The number of ether oxygens (including phenoxy) is 1. The van der Waals surface area contributed by atoms with Gasteiger partial charge in [-0.15, -0.1) is 0 Å². The maximum Gasteiger partial charge on any atom is 0.309 e. The van der Waals surface area contributed by atoms with Crippen molar-refractivity contribution in [2.75, 3.05) is 10.6 Å². The van der Waals surface area contributed by atoms with E-state index in [-0.39, 0.29) is 5.88 Å². The molecule has 0 amide bonds. The molecule has 0 aliphatic heterocycles. The van der Waals surface area contributed by atoms with Crippen molar-refractivity contribution >= 4 is 46.4 Å². The van der Waals surface area contributed by atoms with Crippen LogP contribution < -0.4 is 15.4 Å². The monoisotopic (exact) mass is 310 g/mol. The van der Waals surface area contributed by atoms with E-state index in [9.17, 15) is 4.79 Å². The lowest BCUT2D eigenvalue weighted by Gasteiger charge is -2.10. The highest BCUT2D eigenvalue weighted by Crippen LogP contribution is 2.19. The number of esters is 1. The van der Waals surface area contributed by atoms with Gasteiger partial charge in [0.05, 0.1) is 6.33 Å². The predicted molar refractivity (Wildman–Crippen MR) is 81.2 cm³/mol. The Morgan fingerprint density at radius 3 is 2.70 bits per heavy atom. The first-order chi connectivity index (χ1) is 9.54. The first-order valence-corrected chi connectivity index (χ1v) is 6.38. The lowest BCUT2D eigenvalue weighted by atomic mass is 10.3. The number of imidazole rings is 1. The van der Waals surface area contributed by atoms with Crippen LogP contribution in [-0.2, 0) is 4.79 Å². The number of aromatic amines is 1. The molecule has 0 bridgehead atoms. The van der Waals surface area contributed by atoms with Gasteiger partial charge in [0.25, 0.3) is 5.88 Å². The molecule has 0 unspecified atom stereocenters. The van der Waals surface area contributed by atoms with Crippen molar-refractivity contribution in [1.82, 2.24) is 9.97 Å². The molecule has 8 heteroatoms. The molecule has 3 N–H and O–H groups in total. The summed E-state index contributed by atoms with van der Waals surface area (Å²) in [5.74, 6) is 0.0705. The van der Waals surface area contributed by atoms with Crippen molar-refractivity contribution in [1.29, 1.82) is 0 Å². The number of carbonyl (C=O) groups is 1. The summed E-state index contributed by atoms with van der Waals surface area (Å²) >= 11 is 10.9. The van der Waals surface area contributed by atoms with E-state index in [4.69, 9.17) is 28.6 Å². The van der Waals surface area contributed by atoms with E-state index in [0.29, 0.717) is 16.0 Å². The molecule has 0 atom stereocenters. The van der Waals surface area contributed by atoms with Crippen LogP contribution >= 0.6 is 23.8 Å². The second-order valence-electron chi connectivity index (χ2n) is 3.76. The van der Waals surface area contributed by atoms with Gasteiger partial charge in [0.15, 0.2) is 10.9 Å². The smallest absolute Gasteiger partial charge is 0.309 e. The summed E-state index contributed by atoms with van der Waals surface area (Å²) < 4.78 is 4.90. The van der Waals surface area contributed by atoms with Crippen LogP contribution in [0, 0.1) is 0 Å². The second kappa shape index (κ2) is 6.36. The zero-order valence-corrected chi connectivity index (χ0v) is 12.0. The minimum atomic E-state index is -0.461. The first kappa shape index (κ1) is 14.3. The highest BCUT2D eigenvalue weighted by molar-refractivity contribution is 7.80. The van der Waals surface area contributed by atoms with E-state index >= 15 is 0 Å². The molecule has 0 aliphatic rings. The number of rotatable bonds is 3. The Labute approximate surface area is 125 Å². The van der Waals surface area contributed by atoms with Crippen LogP contribution in [0.4, 0.5) is 11.5 Å². The van der Waals surface area contributed by atoms with Crippen LogP contribution in [-0.4, -0.2) is 21.0 Å². The highest BCUT2D eigenvalue weighted by atomic mass is 35.5. The molecule has 1 heterocycles. The molecule has 0 saturated carbocycles. The second-order valence-corrected chi connectivity index (χ2v) is 4.61. The average molecular weight is 311 g/mol. The van der Waals surface area contributed by atoms with Crippen molar-refractivity contribution < 1.29 is 9.53 Å². The van der Waals surface area contributed by atoms with Gasteiger partial charge in [-0.05, 0) is 36.5 Å². The molecule has 2 aromatic rings. The van der Waals surface area contributed by atoms with Crippen LogP contribution in [0.25, 0.3) is 0 Å². The van der Waals surface area contributed by atoms with Crippen molar-refractivity contribution in [3.8, 4) is 5.88 Å². The summed E-state index contributed by atoms with van der Waals surface area (Å²) in [6, 6.07) is 7.06. The molecule has 1 aromatic heterocycles. The minimum Gasteiger partial charge on any atom is -0.404 e. The number of hydrogen-bond donors (Lipinski definition) is 3. The van der Waals surface area contributed by atoms with Crippen LogP contribution in [0.15, 0.2) is 30.6 Å². The van der Waals surface area contributed by atoms with Gasteiger partial charge in [-0.25, -0.2) is 4.98 Å². The number of thiocarbonyl (C=S) groups is 1. The third-order valence-corrected chi connectivity index (χ3v) is 2.64. The molecule has 2 rings (SSSR count). The Kier molecular flexibility index (Phi) is 4.54. The number of benzene rings is 1. The summed E-state index contributed by atoms with van der Waals surface area (Å²) in [5, 5.41) is 6.78. The Bertz CT molecular complexity index is 627. The number of nitrogens with zero attached hydrogens (tertiary/aromatic N) is 1. The molecular formula is C12H11ClN4O2S. The van der Waals surface area contributed by atoms with E-state index in [2.05, 4.69) is 20.6 Å². The molecule has 0 aliphatic carbocycles. The summed E-state index contributed by atoms with van der Waals surface area (Å²) in [6.07, 6.45) is 1.39. The molecule has 0 spiro atoms. The predicted octanol–water partition coefficient (Wildman–Crippen LogP) is 2.80. The lowest BCUT2D eigenvalue weighted by molar-refractivity contribution is -0.132. The molecule has 20 heavy (non-hydrogen) atoms. The Hall–Kier alpha value is -2.12. The lowest BCUT2D eigenvalue weighted by Crippen LogP contribution is -2.20. The molecule has 0 saturated heterocycles. The molecule has 0 radical (unpaired) electrons. The van der Waals surface area contributed by atoms with Gasteiger partial charge in [0, 0.05) is 17.6 Å². The molecule has 1 aromatic carbocycles. The maximum atomic E-state index is 10.9. The molecule has 6 nitrogen and oxygen atoms in total. The van der Waals surface area contributed by atoms with Crippen LogP contribution in [0.3, 0.4) is 0 Å². The first-order valence-electron chi connectivity index (χ1n) is 5.60. The topological polar surface area (TPSA) is 79.0 Å². The maximum absolute atomic E-state index is 10.9. The van der Waals surface area contributed by atoms with E-state index in [1.54, 1.807) is 24.3 Å². The van der Waals surface area contributed by atoms with Gasteiger partial charge in [0.2, 0.25) is 0 Å². The standard InChI is InChI=1S/C12H11ClN4O2S/c1-7(18)19-11-10(14-6-15-11)17-12(20)16-9-4-2-8(13)3-5-9/h2-6H,1H3,(H,14,15)(H2,16,17,20). The summed E-state index contributed by atoms with van der Waals surface area (Å²) in [7, 11) is 0. The van der Waals surface area contributed by atoms with Crippen molar-refractivity contribution in [2.24, 2.45) is 0 Å².